The Kier molecular flexibility index (Phi) is 8.71. The summed E-state index contributed by atoms with van der Waals surface area (Å²) >= 11 is 6.62. The van der Waals surface area contributed by atoms with Crippen LogP contribution in [0.5, 0.6) is 0 Å². The maximum Gasteiger partial charge on any atom is 0.319 e. The number of methoxy groups -OCH3 is 1. The number of ether oxygens (including phenoxy) is 3. The van der Waals surface area contributed by atoms with Crippen LogP contribution in [0.4, 0.5) is 0 Å². The van der Waals surface area contributed by atoms with Gasteiger partial charge in [-0.3, -0.25) is 19.2 Å². The van der Waals surface area contributed by atoms with Gasteiger partial charge in [0, 0.05) is 19.4 Å². The molecule has 0 bridgehead atoms. The molecular weight excluding hydrogens is 482 g/mol. The number of carbonyl (C=O) groups is 4. The lowest BCUT2D eigenvalue weighted by atomic mass is 9.88. The standard InChI is InChI=1S/C19H26ClN3O9S/c1-18(2,3)16(27)31-9-32-17(28)19(7-30-4)6-23-14(26)12(15(23)33-8-19)21-13(25)11(22-29)10(24)5-20/h12,15,24H,5-9H2,1-4H3,(H,21,25)/t12?,15-,19?/m1/s1. The molecule has 0 spiro atoms. The zero-order valence-corrected chi connectivity index (χ0v) is 20.2. The highest BCUT2D eigenvalue weighted by Gasteiger charge is 2.58. The number of fused-ring (bicyclic) bond motifs is 1. The predicted molar refractivity (Wildman–Crippen MR) is 117 cm³/mol. The van der Waals surface area contributed by atoms with Crippen LogP contribution in [0.15, 0.2) is 16.6 Å². The Hall–Kier alpha value is -2.38. The Bertz CT molecular complexity index is 860. The van der Waals surface area contributed by atoms with Gasteiger partial charge in [0.15, 0.2) is 0 Å². The summed E-state index contributed by atoms with van der Waals surface area (Å²) in [5.41, 5.74) is -2.77. The topological polar surface area (TPSA) is 161 Å². The van der Waals surface area contributed by atoms with Gasteiger partial charge in [-0.05, 0) is 25.9 Å². The molecule has 184 valence electrons. The number of hydrogen-bond donors (Lipinski definition) is 2. The molecule has 33 heavy (non-hydrogen) atoms. The molecular formula is C19H26ClN3O9S. The van der Waals surface area contributed by atoms with Crippen LogP contribution in [0.3, 0.4) is 0 Å². The lowest BCUT2D eigenvalue weighted by Crippen LogP contribution is -2.74. The van der Waals surface area contributed by atoms with Crippen LogP contribution in [0.1, 0.15) is 20.8 Å². The molecule has 0 aromatic heterocycles. The molecule has 12 nitrogen and oxygen atoms in total. The van der Waals surface area contributed by atoms with Crippen molar-refractivity contribution in [2.24, 2.45) is 16.0 Å². The number of aliphatic hydroxyl groups excluding tert-OH is 1. The molecule has 0 aliphatic carbocycles. The van der Waals surface area contributed by atoms with E-state index in [9.17, 15) is 29.2 Å². The van der Waals surface area contributed by atoms with Gasteiger partial charge in [-0.15, -0.1) is 28.3 Å². The summed E-state index contributed by atoms with van der Waals surface area (Å²) in [6.45, 7) is 4.31. The van der Waals surface area contributed by atoms with Gasteiger partial charge in [0.2, 0.25) is 18.4 Å². The van der Waals surface area contributed by atoms with Crippen molar-refractivity contribution in [2.75, 3.05) is 38.7 Å². The average Bonchev–Trinajstić information content (AvgIpc) is 2.76. The number of nitrogens with one attached hydrogen (secondary N) is 1. The third-order valence-electron chi connectivity index (χ3n) is 4.98. The molecule has 2 aliphatic rings. The van der Waals surface area contributed by atoms with Crippen LogP contribution >= 0.6 is 23.4 Å². The molecule has 3 atom stereocenters. The van der Waals surface area contributed by atoms with Crippen LogP contribution in [-0.2, 0) is 33.4 Å². The molecule has 2 saturated heterocycles. The van der Waals surface area contributed by atoms with Crippen LogP contribution in [0.25, 0.3) is 0 Å². The Morgan fingerprint density at radius 2 is 2.00 bits per heavy atom. The monoisotopic (exact) mass is 507 g/mol. The number of allylic oxidation sites excluding steroid dienone is 1. The summed E-state index contributed by atoms with van der Waals surface area (Å²) in [5.74, 6) is -3.78. The van der Waals surface area contributed by atoms with Crippen molar-refractivity contribution < 1.29 is 38.5 Å². The Balaban J connectivity index is 2.03. The first-order valence-electron chi connectivity index (χ1n) is 9.79. The number of nitroso groups, excluding NO2 is 1. The first-order chi connectivity index (χ1) is 15.4. The van der Waals surface area contributed by atoms with Crippen LogP contribution in [0.2, 0.25) is 0 Å². The maximum absolute atomic E-state index is 12.8. The number of hydrogen-bond acceptors (Lipinski definition) is 11. The summed E-state index contributed by atoms with van der Waals surface area (Å²) in [6.07, 6.45) is 0. The van der Waals surface area contributed by atoms with Gasteiger partial charge in [0.25, 0.3) is 5.91 Å². The second-order valence-corrected chi connectivity index (χ2v) is 9.96. The molecule has 0 aromatic rings. The minimum Gasteiger partial charge on any atom is -0.508 e. The molecule has 2 heterocycles. The first kappa shape index (κ1) is 26.9. The molecule has 0 saturated carbocycles. The molecule has 0 aromatic carbocycles. The Morgan fingerprint density at radius 1 is 1.33 bits per heavy atom. The van der Waals surface area contributed by atoms with E-state index in [4.69, 9.17) is 25.8 Å². The first-order valence-corrected chi connectivity index (χ1v) is 11.4. The Labute approximate surface area is 199 Å². The normalized spacial score (nSPS) is 25.2. The predicted octanol–water partition coefficient (Wildman–Crippen LogP) is 0.884. The van der Waals surface area contributed by atoms with Gasteiger partial charge in [-0.2, -0.15) is 0 Å². The number of rotatable bonds is 9. The van der Waals surface area contributed by atoms with E-state index in [1.54, 1.807) is 20.8 Å². The highest BCUT2D eigenvalue weighted by Crippen LogP contribution is 2.43. The van der Waals surface area contributed by atoms with E-state index in [1.165, 1.54) is 23.8 Å². The lowest BCUT2D eigenvalue weighted by molar-refractivity contribution is -0.183. The zero-order valence-electron chi connectivity index (χ0n) is 18.6. The van der Waals surface area contributed by atoms with E-state index in [-0.39, 0.29) is 18.9 Å². The smallest absolute Gasteiger partial charge is 0.319 e. The minimum atomic E-state index is -1.21. The largest absolute Gasteiger partial charge is 0.508 e. The number of esters is 2. The fraction of sp³-hybridized carbons (Fsp3) is 0.684. The number of β-lactam (4-membered cyclic amide) rings is 1. The van der Waals surface area contributed by atoms with Crippen molar-refractivity contribution in [1.29, 1.82) is 0 Å². The van der Waals surface area contributed by atoms with Crippen LogP contribution in [-0.4, -0.2) is 83.9 Å². The zero-order chi connectivity index (χ0) is 25.0. The van der Waals surface area contributed by atoms with Gasteiger partial charge in [-0.25, -0.2) is 0 Å². The number of alkyl halides is 1. The molecule has 2 N–H and O–H groups in total. The molecule has 2 rings (SSSR count). The summed E-state index contributed by atoms with van der Waals surface area (Å²) in [4.78, 5) is 61.7. The highest BCUT2D eigenvalue weighted by atomic mass is 35.5. The SMILES string of the molecule is COCC1(C(=O)OCOC(=O)C(C)(C)C)CS[C@@H]2C(NC(=O)C(N=O)=C(O)CCl)C(=O)N2C1. The highest BCUT2D eigenvalue weighted by molar-refractivity contribution is 8.00. The van der Waals surface area contributed by atoms with E-state index in [1.807, 2.05) is 0 Å². The van der Waals surface area contributed by atoms with Gasteiger partial charge in [0.1, 0.15) is 22.6 Å². The fourth-order valence-electron chi connectivity index (χ4n) is 3.18. The van der Waals surface area contributed by atoms with E-state index in [0.717, 1.165) is 0 Å². The van der Waals surface area contributed by atoms with E-state index in [0.29, 0.717) is 0 Å². The number of aliphatic hydroxyl groups is 1. The number of nitrogens with zero attached hydrogens (tertiary/aromatic N) is 2. The minimum absolute atomic E-state index is 0.0443. The second kappa shape index (κ2) is 10.7. The molecule has 2 amide bonds. The van der Waals surface area contributed by atoms with Gasteiger partial charge >= 0.3 is 11.9 Å². The number of thioether (sulfide) groups is 1. The number of amides is 2. The van der Waals surface area contributed by atoms with Crippen molar-refractivity contribution in [3.8, 4) is 0 Å². The quantitative estimate of drug-likeness (QED) is 0.0871. The average molecular weight is 508 g/mol. The number of halogens is 1. The van der Waals surface area contributed by atoms with E-state index >= 15 is 0 Å². The third kappa shape index (κ3) is 5.76. The number of carbonyl (C=O) groups excluding carboxylic acids is 4. The Morgan fingerprint density at radius 3 is 2.55 bits per heavy atom. The fourth-order valence-corrected chi connectivity index (χ4v) is 4.82. The summed E-state index contributed by atoms with van der Waals surface area (Å²) in [5, 5.41) is 13.8. The van der Waals surface area contributed by atoms with Crippen LogP contribution in [0, 0.1) is 15.7 Å². The van der Waals surface area contributed by atoms with Crippen molar-refractivity contribution in [1.82, 2.24) is 10.2 Å². The van der Waals surface area contributed by atoms with Crippen LogP contribution < -0.4 is 5.32 Å². The molecule has 2 aliphatic heterocycles. The molecule has 2 fully saturated rings. The van der Waals surface area contributed by atoms with Gasteiger partial charge in [-0.1, -0.05) is 0 Å². The molecule has 14 heteroatoms. The molecule has 0 radical (unpaired) electrons. The van der Waals surface area contributed by atoms with Crippen molar-refractivity contribution >= 4 is 47.1 Å². The van der Waals surface area contributed by atoms with E-state index < -0.39 is 70.1 Å². The van der Waals surface area contributed by atoms with Gasteiger partial charge in [0.05, 0.1) is 17.9 Å². The second-order valence-electron chi connectivity index (χ2n) is 8.58. The third-order valence-corrected chi connectivity index (χ3v) is 6.82. The maximum atomic E-state index is 12.8. The summed E-state index contributed by atoms with van der Waals surface area (Å²) in [6, 6.07) is -0.980. The van der Waals surface area contributed by atoms with Gasteiger partial charge < -0.3 is 29.5 Å². The van der Waals surface area contributed by atoms with Crippen molar-refractivity contribution in [2.45, 2.75) is 32.2 Å². The molecule has 2 unspecified atom stereocenters. The summed E-state index contributed by atoms with van der Waals surface area (Å²) in [7, 11) is 1.40. The van der Waals surface area contributed by atoms with E-state index in [2.05, 4.69) is 10.5 Å². The lowest BCUT2D eigenvalue weighted by Gasteiger charge is -2.53. The van der Waals surface area contributed by atoms with Crippen molar-refractivity contribution in [3.05, 3.63) is 16.4 Å². The summed E-state index contributed by atoms with van der Waals surface area (Å²) < 4.78 is 15.3. The van der Waals surface area contributed by atoms with Crippen molar-refractivity contribution in [3.63, 3.8) is 0 Å².